The Labute approximate surface area is 134 Å². The highest BCUT2D eigenvalue weighted by Gasteiger charge is 2.08. The highest BCUT2D eigenvalue weighted by Crippen LogP contribution is 2.23. The van der Waals surface area contributed by atoms with E-state index in [1.807, 2.05) is 43.3 Å². The van der Waals surface area contributed by atoms with Crippen molar-refractivity contribution in [2.24, 2.45) is 0 Å². The lowest BCUT2D eigenvalue weighted by Gasteiger charge is -2.11. The minimum absolute atomic E-state index is 0.0291. The Kier molecular flexibility index (Phi) is 4.19. The molecule has 1 heterocycles. The van der Waals surface area contributed by atoms with Crippen LogP contribution in [0.1, 0.15) is 24.2 Å². The highest BCUT2D eigenvalue weighted by molar-refractivity contribution is 5.95. The summed E-state index contributed by atoms with van der Waals surface area (Å²) in [6, 6.07) is 15.2. The number of ketones is 1. The molecule has 0 aliphatic carbocycles. The number of carbonyl (C=O) groups excluding carboxylic acids is 1. The number of carbonyl (C=O) groups is 1. The molecule has 5 nitrogen and oxygen atoms in total. The molecule has 2 N–H and O–H groups in total. The van der Waals surface area contributed by atoms with E-state index >= 15 is 0 Å². The van der Waals surface area contributed by atoms with Gasteiger partial charge in [0.2, 0.25) is 5.95 Å². The Hall–Kier alpha value is -2.95. The van der Waals surface area contributed by atoms with Crippen LogP contribution in [0.2, 0.25) is 0 Å². The molecule has 0 radical (unpaired) electrons. The average Bonchev–Trinajstić information content (AvgIpc) is 2.55. The Bertz CT molecular complexity index is 861. The maximum atomic E-state index is 11.5. The Morgan fingerprint density at radius 2 is 1.91 bits per heavy atom. The van der Waals surface area contributed by atoms with E-state index in [2.05, 4.69) is 20.6 Å². The van der Waals surface area contributed by atoms with Crippen LogP contribution in [0.15, 0.2) is 48.5 Å². The molecule has 0 saturated carbocycles. The van der Waals surface area contributed by atoms with Crippen LogP contribution >= 0.6 is 0 Å². The van der Waals surface area contributed by atoms with E-state index < -0.39 is 0 Å². The first-order valence-corrected chi connectivity index (χ1v) is 7.56. The van der Waals surface area contributed by atoms with Gasteiger partial charge in [-0.3, -0.25) is 4.79 Å². The fourth-order valence-corrected chi connectivity index (χ4v) is 2.38. The Morgan fingerprint density at radius 3 is 2.70 bits per heavy atom. The first kappa shape index (κ1) is 15.0. The molecule has 0 saturated heterocycles. The fourth-order valence-electron chi connectivity index (χ4n) is 2.38. The van der Waals surface area contributed by atoms with Crippen LogP contribution in [0.4, 0.5) is 17.5 Å². The molecule has 23 heavy (non-hydrogen) atoms. The van der Waals surface area contributed by atoms with E-state index in [-0.39, 0.29) is 5.78 Å². The molecule has 0 fully saturated rings. The average molecular weight is 306 g/mol. The van der Waals surface area contributed by atoms with Crippen molar-refractivity contribution in [2.45, 2.75) is 13.8 Å². The second-order valence-corrected chi connectivity index (χ2v) is 5.21. The third-order valence-electron chi connectivity index (χ3n) is 3.47. The van der Waals surface area contributed by atoms with Gasteiger partial charge >= 0.3 is 0 Å². The fraction of sp³-hybridized carbons (Fsp3) is 0.167. The summed E-state index contributed by atoms with van der Waals surface area (Å²) < 4.78 is 0. The summed E-state index contributed by atoms with van der Waals surface area (Å²) in [5.41, 5.74) is 2.31. The van der Waals surface area contributed by atoms with Crippen molar-refractivity contribution in [1.29, 1.82) is 0 Å². The van der Waals surface area contributed by atoms with Crippen LogP contribution < -0.4 is 10.6 Å². The van der Waals surface area contributed by atoms with E-state index in [9.17, 15) is 4.79 Å². The van der Waals surface area contributed by atoms with Crippen molar-refractivity contribution in [2.75, 3.05) is 17.2 Å². The van der Waals surface area contributed by atoms with E-state index in [1.54, 1.807) is 19.1 Å². The molecule has 2 aromatic carbocycles. The number of Topliss-reactive ketones (excluding diaryl/α,β-unsaturated/α-hetero) is 1. The van der Waals surface area contributed by atoms with Crippen molar-refractivity contribution < 1.29 is 4.79 Å². The first-order valence-electron chi connectivity index (χ1n) is 7.56. The predicted octanol–water partition coefficient (Wildman–Crippen LogP) is 4.01. The van der Waals surface area contributed by atoms with Gasteiger partial charge in [0.15, 0.2) is 5.78 Å². The Balaban J connectivity index is 1.99. The summed E-state index contributed by atoms with van der Waals surface area (Å²) in [6.45, 7) is 4.36. The van der Waals surface area contributed by atoms with Gasteiger partial charge in [-0.05, 0) is 38.1 Å². The summed E-state index contributed by atoms with van der Waals surface area (Å²) in [7, 11) is 0. The van der Waals surface area contributed by atoms with Gasteiger partial charge in [-0.15, -0.1) is 0 Å². The van der Waals surface area contributed by atoms with Gasteiger partial charge in [-0.1, -0.05) is 24.3 Å². The third kappa shape index (κ3) is 3.29. The molecular formula is C18H18N4O. The zero-order valence-electron chi connectivity index (χ0n) is 13.1. The minimum atomic E-state index is 0.0291. The van der Waals surface area contributed by atoms with Crippen LogP contribution in [0, 0.1) is 0 Å². The molecule has 0 amide bonds. The van der Waals surface area contributed by atoms with Gasteiger partial charge < -0.3 is 10.6 Å². The summed E-state index contributed by atoms with van der Waals surface area (Å²) in [4.78, 5) is 20.6. The number of nitrogens with one attached hydrogen (secondary N) is 2. The van der Waals surface area contributed by atoms with Gasteiger partial charge in [-0.25, -0.2) is 4.98 Å². The van der Waals surface area contributed by atoms with Crippen LogP contribution in [0.3, 0.4) is 0 Å². The molecule has 116 valence electrons. The van der Waals surface area contributed by atoms with Gasteiger partial charge in [0, 0.05) is 23.2 Å². The molecule has 0 aliphatic rings. The third-order valence-corrected chi connectivity index (χ3v) is 3.47. The first-order chi connectivity index (χ1) is 11.2. The maximum absolute atomic E-state index is 11.5. The lowest BCUT2D eigenvalue weighted by molar-refractivity contribution is 0.101. The zero-order chi connectivity index (χ0) is 16.2. The highest BCUT2D eigenvalue weighted by atomic mass is 16.1. The van der Waals surface area contributed by atoms with E-state index in [4.69, 9.17) is 0 Å². The van der Waals surface area contributed by atoms with Gasteiger partial charge in [0.25, 0.3) is 0 Å². The molecule has 0 bridgehead atoms. The number of para-hydroxylation sites is 1. The van der Waals surface area contributed by atoms with Crippen molar-refractivity contribution in [3.8, 4) is 0 Å². The SMILES string of the molecule is CCNc1nc(Nc2cccc(C(C)=O)c2)nc2ccccc12. The normalized spacial score (nSPS) is 10.5. The van der Waals surface area contributed by atoms with Crippen molar-refractivity contribution in [3.05, 3.63) is 54.1 Å². The molecule has 3 aromatic rings. The summed E-state index contributed by atoms with van der Waals surface area (Å²) in [5.74, 6) is 1.32. The molecule has 5 heteroatoms. The van der Waals surface area contributed by atoms with E-state index in [0.717, 1.165) is 29.0 Å². The second-order valence-electron chi connectivity index (χ2n) is 5.21. The largest absolute Gasteiger partial charge is 0.370 e. The number of nitrogens with zero attached hydrogens (tertiary/aromatic N) is 2. The molecule has 1 aromatic heterocycles. The van der Waals surface area contributed by atoms with Crippen LogP contribution in [0.5, 0.6) is 0 Å². The minimum Gasteiger partial charge on any atom is -0.370 e. The van der Waals surface area contributed by atoms with Crippen LogP contribution in [-0.2, 0) is 0 Å². The second kappa shape index (κ2) is 6.44. The summed E-state index contributed by atoms with van der Waals surface area (Å²) >= 11 is 0. The van der Waals surface area contributed by atoms with Crippen LogP contribution in [-0.4, -0.2) is 22.3 Å². The quantitative estimate of drug-likeness (QED) is 0.697. The molecular weight excluding hydrogens is 288 g/mol. The maximum Gasteiger partial charge on any atom is 0.229 e. The molecule has 0 atom stereocenters. The number of hydrogen-bond donors (Lipinski definition) is 2. The smallest absolute Gasteiger partial charge is 0.229 e. The van der Waals surface area contributed by atoms with Gasteiger partial charge in [-0.2, -0.15) is 4.98 Å². The van der Waals surface area contributed by atoms with Gasteiger partial charge in [0.05, 0.1) is 5.52 Å². The molecule has 0 unspecified atom stereocenters. The number of hydrogen-bond acceptors (Lipinski definition) is 5. The van der Waals surface area contributed by atoms with E-state index in [0.29, 0.717) is 11.5 Å². The van der Waals surface area contributed by atoms with Crippen molar-refractivity contribution in [1.82, 2.24) is 9.97 Å². The number of benzene rings is 2. The monoisotopic (exact) mass is 306 g/mol. The number of aromatic nitrogens is 2. The van der Waals surface area contributed by atoms with Crippen molar-refractivity contribution in [3.63, 3.8) is 0 Å². The number of rotatable bonds is 5. The zero-order valence-corrected chi connectivity index (χ0v) is 13.1. The Morgan fingerprint density at radius 1 is 1.09 bits per heavy atom. The summed E-state index contributed by atoms with van der Waals surface area (Å²) in [6.07, 6.45) is 0. The topological polar surface area (TPSA) is 66.9 Å². The molecule has 0 aliphatic heterocycles. The van der Waals surface area contributed by atoms with Gasteiger partial charge in [0.1, 0.15) is 5.82 Å². The predicted molar refractivity (Wildman–Crippen MR) is 93.4 cm³/mol. The number of anilines is 3. The lowest BCUT2D eigenvalue weighted by atomic mass is 10.1. The summed E-state index contributed by atoms with van der Waals surface area (Å²) in [5, 5.41) is 7.42. The molecule has 0 spiro atoms. The van der Waals surface area contributed by atoms with Crippen molar-refractivity contribution >= 4 is 34.1 Å². The van der Waals surface area contributed by atoms with Crippen LogP contribution in [0.25, 0.3) is 10.9 Å². The standard InChI is InChI=1S/C18H18N4O/c1-3-19-17-15-9-4-5-10-16(15)21-18(22-17)20-14-8-6-7-13(11-14)12(2)23/h4-11H,3H2,1-2H3,(H2,19,20,21,22). The number of fused-ring (bicyclic) bond motifs is 1. The molecule has 3 rings (SSSR count). The van der Waals surface area contributed by atoms with E-state index in [1.165, 1.54) is 0 Å². The lowest BCUT2D eigenvalue weighted by Crippen LogP contribution is -2.05.